The van der Waals surface area contributed by atoms with Crippen molar-refractivity contribution >= 4 is 39.6 Å². The van der Waals surface area contributed by atoms with Crippen molar-refractivity contribution < 1.29 is 4.79 Å². The van der Waals surface area contributed by atoms with E-state index >= 15 is 0 Å². The van der Waals surface area contributed by atoms with Gasteiger partial charge in [0, 0.05) is 29.6 Å². The second-order valence-electron chi connectivity index (χ2n) is 5.35. The Morgan fingerprint density at radius 2 is 2.14 bits per heavy atom. The molecular weight excluding hydrogens is 300 g/mol. The summed E-state index contributed by atoms with van der Waals surface area (Å²) in [5, 5.41) is 5.64. The van der Waals surface area contributed by atoms with Crippen LogP contribution >= 0.6 is 11.6 Å². The predicted octanol–water partition coefficient (Wildman–Crippen LogP) is 3.62. The molecule has 0 saturated carbocycles. The Bertz CT molecular complexity index is 927. The van der Waals surface area contributed by atoms with Crippen molar-refractivity contribution in [1.82, 2.24) is 19.6 Å². The molecular formula is C16H15ClN4O. The number of allylic oxidation sites excluding steroid dienone is 2. The van der Waals surface area contributed by atoms with Crippen LogP contribution in [-0.2, 0) is 4.79 Å². The quantitative estimate of drug-likeness (QED) is 0.693. The Balaban J connectivity index is 2.18. The van der Waals surface area contributed by atoms with Gasteiger partial charge in [-0.3, -0.25) is 4.79 Å². The molecule has 3 aromatic heterocycles. The van der Waals surface area contributed by atoms with Crippen molar-refractivity contribution in [1.29, 1.82) is 0 Å². The summed E-state index contributed by atoms with van der Waals surface area (Å²) < 4.78 is 1.69. The third-order valence-electron chi connectivity index (χ3n) is 3.45. The molecule has 0 fully saturated rings. The van der Waals surface area contributed by atoms with Gasteiger partial charge in [0.25, 0.3) is 0 Å². The van der Waals surface area contributed by atoms with Gasteiger partial charge in [0.2, 0.25) is 0 Å². The summed E-state index contributed by atoms with van der Waals surface area (Å²) in [4.78, 5) is 20.0. The van der Waals surface area contributed by atoms with Crippen molar-refractivity contribution in [2.24, 2.45) is 0 Å². The molecule has 0 aromatic carbocycles. The molecule has 0 amide bonds. The Morgan fingerprint density at radius 3 is 2.86 bits per heavy atom. The lowest BCUT2D eigenvalue weighted by molar-refractivity contribution is -0.116. The van der Waals surface area contributed by atoms with Crippen LogP contribution in [0, 0.1) is 6.92 Å². The second-order valence-corrected chi connectivity index (χ2v) is 5.70. The zero-order valence-corrected chi connectivity index (χ0v) is 13.3. The zero-order valence-electron chi connectivity index (χ0n) is 12.6. The number of ketones is 1. The Hall–Kier alpha value is -2.27. The summed E-state index contributed by atoms with van der Waals surface area (Å²) in [6.07, 6.45) is 4.01. The first-order valence-electron chi connectivity index (χ1n) is 6.94. The smallest absolute Gasteiger partial charge is 0.166 e. The molecule has 22 heavy (non-hydrogen) atoms. The first kappa shape index (κ1) is 14.7. The molecule has 0 bridgehead atoms. The minimum Gasteiger partial charge on any atom is -0.300 e. The van der Waals surface area contributed by atoms with Crippen LogP contribution in [0.1, 0.15) is 31.5 Å². The van der Waals surface area contributed by atoms with Crippen LogP contribution in [0.4, 0.5) is 0 Å². The molecule has 0 saturated heterocycles. The first-order chi connectivity index (χ1) is 10.5. The highest BCUT2D eigenvalue weighted by Crippen LogP contribution is 2.26. The van der Waals surface area contributed by atoms with Gasteiger partial charge in [0.15, 0.2) is 11.3 Å². The van der Waals surface area contributed by atoms with E-state index in [-0.39, 0.29) is 5.78 Å². The van der Waals surface area contributed by atoms with Gasteiger partial charge in [0.05, 0.1) is 5.69 Å². The number of aromatic nitrogens is 4. The number of nitrogens with zero attached hydrogens (tertiary/aromatic N) is 4. The number of carbonyl (C=O) groups is 1. The van der Waals surface area contributed by atoms with Crippen LogP contribution in [0.25, 0.3) is 22.3 Å². The molecule has 0 spiro atoms. The van der Waals surface area contributed by atoms with Gasteiger partial charge in [0.1, 0.15) is 10.9 Å². The van der Waals surface area contributed by atoms with Gasteiger partial charge in [-0.25, -0.2) is 9.97 Å². The maximum Gasteiger partial charge on any atom is 0.166 e. The lowest BCUT2D eigenvalue weighted by atomic mass is 10.1. The summed E-state index contributed by atoms with van der Waals surface area (Å²) >= 11 is 6.32. The third-order valence-corrected chi connectivity index (χ3v) is 3.74. The summed E-state index contributed by atoms with van der Waals surface area (Å²) in [7, 11) is 0. The summed E-state index contributed by atoms with van der Waals surface area (Å²) in [5.41, 5.74) is 4.02. The average molecular weight is 315 g/mol. The predicted molar refractivity (Wildman–Crippen MR) is 87.0 cm³/mol. The summed E-state index contributed by atoms with van der Waals surface area (Å²) in [6.45, 7) is 5.39. The largest absolute Gasteiger partial charge is 0.300 e. The molecule has 3 aromatic rings. The van der Waals surface area contributed by atoms with Crippen molar-refractivity contribution in [2.45, 2.75) is 27.2 Å². The van der Waals surface area contributed by atoms with E-state index in [4.69, 9.17) is 11.6 Å². The molecule has 0 atom stereocenters. The number of halogens is 1. The summed E-state index contributed by atoms with van der Waals surface area (Å²) in [5.74, 6) is 0.111. The minimum atomic E-state index is 0.111. The first-order valence-corrected chi connectivity index (χ1v) is 7.31. The van der Waals surface area contributed by atoms with E-state index < -0.39 is 0 Å². The van der Waals surface area contributed by atoms with Crippen LogP contribution in [0.3, 0.4) is 0 Å². The maximum absolute atomic E-state index is 11.1. The van der Waals surface area contributed by atoms with Crippen molar-refractivity contribution in [3.8, 4) is 0 Å². The van der Waals surface area contributed by atoms with Crippen molar-refractivity contribution in [2.75, 3.05) is 0 Å². The van der Waals surface area contributed by atoms with Crippen LogP contribution in [0.2, 0.25) is 5.15 Å². The van der Waals surface area contributed by atoms with Gasteiger partial charge in [-0.2, -0.15) is 9.61 Å². The topological polar surface area (TPSA) is 60.2 Å². The number of rotatable bonds is 3. The molecule has 3 heterocycles. The Kier molecular flexibility index (Phi) is 3.66. The molecule has 6 heteroatoms. The fourth-order valence-corrected chi connectivity index (χ4v) is 2.60. The number of hydrogen-bond donors (Lipinski definition) is 0. The van der Waals surface area contributed by atoms with Gasteiger partial charge >= 0.3 is 0 Å². The molecule has 0 aliphatic heterocycles. The molecule has 3 rings (SSSR count). The number of carbonyl (C=O) groups excluding carboxylic acids is 1. The van der Waals surface area contributed by atoms with E-state index in [0.717, 1.165) is 27.9 Å². The van der Waals surface area contributed by atoms with Gasteiger partial charge < -0.3 is 0 Å². The molecule has 5 nitrogen and oxygen atoms in total. The molecule has 0 N–H and O–H groups in total. The van der Waals surface area contributed by atoms with Crippen LogP contribution in [0.5, 0.6) is 0 Å². The number of pyridine rings is 1. The van der Waals surface area contributed by atoms with Crippen LogP contribution < -0.4 is 0 Å². The SMILES string of the molecule is CC(=O)C/C=C(\C)c1cc2cnc3cc(C)nn3c2nc1Cl. The van der Waals surface area contributed by atoms with E-state index in [1.165, 1.54) is 0 Å². The number of hydrogen-bond acceptors (Lipinski definition) is 4. The van der Waals surface area contributed by atoms with E-state index in [2.05, 4.69) is 15.1 Å². The molecule has 0 radical (unpaired) electrons. The molecule has 112 valence electrons. The average Bonchev–Trinajstić information content (AvgIpc) is 2.85. The van der Waals surface area contributed by atoms with E-state index in [1.807, 2.05) is 32.1 Å². The highest BCUT2D eigenvalue weighted by Gasteiger charge is 2.11. The van der Waals surface area contributed by atoms with Gasteiger partial charge in [-0.05, 0) is 32.4 Å². The van der Waals surface area contributed by atoms with E-state index in [9.17, 15) is 4.79 Å². The van der Waals surface area contributed by atoms with Crippen LogP contribution in [0.15, 0.2) is 24.4 Å². The lowest BCUT2D eigenvalue weighted by Crippen LogP contribution is -1.98. The Morgan fingerprint density at radius 1 is 1.36 bits per heavy atom. The van der Waals surface area contributed by atoms with Crippen LogP contribution in [-0.4, -0.2) is 25.4 Å². The molecule has 0 aliphatic carbocycles. The monoisotopic (exact) mass is 314 g/mol. The Labute approximate surface area is 132 Å². The highest BCUT2D eigenvalue weighted by atomic mass is 35.5. The van der Waals surface area contributed by atoms with Gasteiger partial charge in [-0.1, -0.05) is 17.7 Å². The lowest BCUT2D eigenvalue weighted by Gasteiger charge is -2.07. The second kappa shape index (κ2) is 5.50. The highest BCUT2D eigenvalue weighted by molar-refractivity contribution is 6.31. The number of aryl methyl sites for hydroxylation is 1. The number of Topliss-reactive ketones (excluding diaryl/α,β-unsaturated/α-hetero) is 1. The standard InChI is InChI=1S/C16H15ClN4O/c1-9(4-5-11(3)22)13-7-12-8-18-14-6-10(2)20-21(14)16(12)19-15(13)17/h4,6-8H,5H2,1-3H3/b9-4+. The van der Waals surface area contributed by atoms with Gasteiger partial charge in [-0.15, -0.1) is 0 Å². The zero-order chi connectivity index (χ0) is 15.9. The summed E-state index contributed by atoms with van der Waals surface area (Å²) in [6, 6.07) is 3.82. The third kappa shape index (κ3) is 2.60. The van der Waals surface area contributed by atoms with E-state index in [1.54, 1.807) is 17.6 Å². The fraction of sp³-hybridized carbons (Fsp3) is 0.250. The minimum absolute atomic E-state index is 0.111. The molecule has 0 unspecified atom stereocenters. The van der Waals surface area contributed by atoms with Crippen molar-refractivity contribution in [3.05, 3.63) is 40.8 Å². The fourth-order valence-electron chi connectivity index (χ4n) is 2.31. The number of fused-ring (bicyclic) bond motifs is 3. The molecule has 0 aliphatic rings. The van der Waals surface area contributed by atoms with Crippen molar-refractivity contribution in [3.63, 3.8) is 0 Å². The normalized spacial score (nSPS) is 12.3. The maximum atomic E-state index is 11.1. The van der Waals surface area contributed by atoms with E-state index in [0.29, 0.717) is 17.2 Å².